The molecular weight excluding hydrogens is 838 g/mol. The lowest BCUT2D eigenvalue weighted by Gasteiger charge is -2.27. The topological polar surface area (TPSA) is 3.24 Å². The fraction of sp³-hybridized carbons (Fsp3) is 0.0159. The van der Waals surface area contributed by atoms with E-state index in [1.165, 1.54) is 81.0 Å². The Balaban J connectivity index is 1.03. The first-order valence-corrected chi connectivity index (χ1v) is 23.5. The van der Waals surface area contributed by atoms with Crippen molar-refractivity contribution in [1.29, 1.82) is 0 Å². The largest absolute Gasteiger partial charge is 0.310 e. The summed E-state index contributed by atoms with van der Waals surface area (Å²) in [5.41, 5.74) is 14.2. The van der Waals surface area contributed by atoms with Crippen LogP contribution in [-0.4, -0.2) is 0 Å². The molecule has 0 bridgehead atoms. The Kier molecular flexibility index (Phi) is 11.2. The number of aryl methyl sites for hydroxylation is 1. The molecule has 10 aromatic carbocycles. The fourth-order valence-electron chi connectivity index (χ4n) is 9.34. The highest BCUT2D eigenvalue weighted by atomic mass is 35.5. The predicted octanol–water partition coefficient (Wildman–Crippen LogP) is 19.0. The minimum atomic E-state index is 0.733. The van der Waals surface area contributed by atoms with Crippen molar-refractivity contribution in [2.24, 2.45) is 0 Å². The van der Waals surface area contributed by atoms with Gasteiger partial charge in [0.15, 0.2) is 0 Å². The number of rotatable bonds is 10. The van der Waals surface area contributed by atoms with E-state index in [1.807, 2.05) is 23.5 Å². The van der Waals surface area contributed by atoms with Gasteiger partial charge in [0.05, 0.1) is 5.69 Å². The number of hydrogen-bond acceptors (Lipinski definition) is 2. The van der Waals surface area contributed by atoms with Crippen molar-refractivity contribution in [2.75, 3.05) is 4.90 Å². The molecule has 1 heterocycles. The lowest BCUT2D eigenvalue weighted by atomic mass is 9.88. The molecule has 66 heavy (non-hydrogen) atoms. The van der Waals surface area contributed by atoms with Gasteiger partial charge in [-0.1, -0.05) is 211 Å². The van der Waals surface area contributed by atoms with E-state index in [0.29, 0.717) is 0 Å². The van der Waals surface area contributed by atoms with Crippen LogP contribution >= 0.6 is 22.9 Å². The molecule has 0 aliphatic carbocycles. The van der Waals surface area contributed by atoms with Crippen molar-refractivity contribution in [3.05, 3.63) is 256 Å². The molecule has 0 atom stereocenters. The zero-order valence-corrected chi connectivity index (χ0v) is 38.0. The van der Waals surface area contributed by atoms with Crippen LogP contribution in [0.2, 0.25) is 5.02 Å². The Bertz CT molecular complexity index is 3510. The second kappa shape index (κ2) is 18.0. The van der Waals surface area contributed by atoms with Crippen LogP contribution in [0.3, 0.4) is 0 Å². The SMILES string of the molecule is Cc1ccc(N(c2ccc(C=Cc3sc(C=Cc4c5ccccc5c(-c5ccc(Cl)cc5)c5ccccc45)c(-c4ccccc4)c3-c3ccccc3)cc2)c2cccc3ccccc23)cc1. The van der Waals surface area contributed by atoms with Crippen molar-refractivity contribution >= 4 is 96.6 Å². The van der Waals surface area contributed by atoms with Gasteiger partial charge >= 0.3 is 0 Å². The number of fused-ring (bicyclic) bond motifs is 3. The van der Waals surface area contributed by atoms with Crippen LogP contribution in [0.15, 0.2) is 224 Å². The molecular formula is C63H44ClNS. The smallest absolute Gasteiger partial charge is 0.0540 e. The van der Waals surface area contributed by atoms with E-state index in [0.717, 1.165) is 33.2 Å². The van der Waals surface area contributed by atoms with Crippen LogP contribution in [0.5, 0.6) is 0 Å². The van der Waals surface area contributed by atoms with Crippen LogP contribution in [0, 0.1) is 6.92 Å². The molecule has 0 N–H and O–H groups in total. The minimum Gasteiger partial charge on any atom is -0.310 e. The summed E-state index contributed by atoms with van der Waals surface area (Å²) in [6.45, 7) is 2.14. The summed E-state index contributed by atoms with van der Waals surface area (Å²) < 4.78 is 0. The third-order valence-corrected chi connectivity index (χ3v) is 13.8. The van der Waals surface area contributed by atoms with Gasteiger partial charge in [0.25, 0.3) is 0 Å². The molecule has 0 aliphatic heterocycles. The Morgan fingerprint density at radius 1 is 0.379 bits per heavy atom. The first kappa shape index (κ1) is 41.0. The standard InChI is InChI=1S/C63H44ClNS/c1-43-27-36-50(37-28-43)65(58-26-14-20-45-15-8-9-21-52(45)58)51-38-29-44(30-39-51)31-41-59-62(46-16-4-2-5-17-46)63(47-18-6-3-7-19-47)60(66-59)42-40-55-53-22-10-12-24-56(53)61(48-32-34-49(64)35-33-48)57-25-13-11-23-54(55)57/h2-42H,1H3. The Hall–Kier alpha value is -7.75. The van der Waals surface area contributed by atoms with Gasteiger partial charge in [-0.2, -0.15) is 0 Å². The van der Waals surface area contributed by atoms with Crippen LogP contribution in [0.25, 0.3) is 90.0 Å². The second-order valence-electron chi connectivity index (χ2n) is 16.6. The molecule has 0 aliphatic rings. The Morgan fingerprint density at radius 2 is 0.848 bits per heavy atom. The lowest BCUT2D eigenvalue weighted by Crippen LogP contribution is -2.10. The first-order valence-electron chi connectivity index (χ1n) is 22.4. The second-order valence-corrected chi connectivity index (χ2v) is 18.1. The predicted molar refractivity (Wildman–Crippen MR) is 288 cm³/mol. The number of anilines is 3. The molecule has 0 radical (unpaired) electrons. The first-order chi connectivity index (χ1) is 32.6. The fourth-order valence-corrected chi connectivity index (χ4v) is 10.6. The van der Waals surface area contributed by atoms with Crippen molar-refractivity contribution in [2.45, 2.75) is 6.92 Å². The van der Waals surface area contributed by atoms with Gasteiger partial charge in [-0.05, 0) is 122 Å². The van der Waals surface area contributed by atoms with E-state index in [4.69, 9.17) is 11.6 Å². The summed E-state index contributed by atoms with van der Waals surface area (Å²) in [6, 6.07) is 80.4. The highest BCUT2D eigenvalue weighted by molar-refractivity contribution is 7.15. The zero-order valence-electron chi connectivity index (χ0n) is 36.4. The Labute approximate surface area is 395 Å². The van der Waals surface area contributed by atoms with Crippen LogP contribution in [-0.2, 0) is 0 Å². The van der Waals surface area contributed by atoms with E-state index < -0.39 is 0 Å². The average molecular weight is 883 g/mol. The molecule has 0 saturated carbocycles. The minimum absolute atomic E-state index is 0.733. The Morgan fingerprint density at radius 3 is 1.44 bits per heavy atom. The molecule has 0 saturated heterocycles. The number of benzene rings is 10. The molecule has 3 heteroatoms. The molecule has 314 valence electrons. The number of halogens is 1. The van der Waals surface area contributed by atoms with Crippen molar-refractivity contribution < 1.29 is 0 Å². The van der Waals surface area contributed by atoms with E-state index in [9.17, 15) is 0 Å². The van der Waals surface area contributed by atoms with Gasteiger partial charge in [-0.25, -0.2) is 0 Å². The van der Waals surface area contributed by atoms with E-state index >= 15 is 0 Å². The van der Waals surface area contributed by atoms with Gasteiger partial charge in [0, 0.05) is 42.7 Å². The van der Waals surface area contributed by atoms with Crippen LogP contribution < -0.4 is 4.90 Å². The average Bonchev–Trinajstić information content (AvgIpc) is 3.74. The molecule has 1 nitrogen and oxygen atoms in total. The lowest BCUT2D eigenvalue weighted by molar-refractivity contribution is 1.29. The highest BCUT2D eigenvalue weighted by Gasteiger charge is 2.20. The van der Waals surface area contributed by atoms with Crippen molar-refractivity contribution in [3.63, 3.8) is 0 Å². The molecule has 0 amide bonds. The van der Waals surface area contributed by atoms with Gasteiger partial charge in [0.1, 0.15) is 0 Å². The molecule has 0 spiro atoms. The molecule has 11 aromatic rings. The monoisotopic (exact) mass is 881 g/mol. The van der Waals surface area contributed by atoms with E-state index in [-0.39, 0.29) is 0 Å². The van der Waals surface area contributed by atoms with Gasteiger partial charge in [-0.3, -0.25) is 0 Å². The maximum atomic E-state index is 6.38. The third kappa shape index (κ3) is 7.92. The van der Waals surface area contributed by atoms with Crippen molar-refractivity contribution in [1.82, 2.24) is 0 Å². The zero-order chi connectivity index (χ0) is 44.4. The summed E-state index contributed by atoms with van der Waals surface area (Å²) in [5, 5.41) is 8.02. The molecule has 0 fully saturated rings. The summed E-state index contributed by atoms with van der Waals surface area (Å²) in [4.78, 5) is 4.77. The third-order valence-electron chi connectivity index (χ3n) is 12.5. The van der Waals surface area contributed by atoms with Gasteiger partial charge in [-0.15, -0.1) is 11.3 Å². The van der Waals surface area contributed by atoms with Crippen LogP contribution in [0.4, 0.5) is 17.1 Å². The van der Waals surface area contributed by atoms with E-state index in [1.54, 1.807) is 0 Å². The van der Waals surface area contributed by atoms with E-state index in [2.05, 4.69) is 248 Å². The quantitative estimate of drug-likeness (QED) is 0.124. The summed E-state index contributed by atoms with van der Waals surface area (Å²) >= 11 is 8.22. The summed E-state index contributed by atoms with van der Waals surface area (Å²) in [7, 11) is 0. The molecule has 1 aromatic heterocycles. The van der Waals surface area contributed by atoms with Gasteiger partial charge in [0.2, 0.25) is 0 Å². The normalized spacial score (nSPS) is 11.7. The number of thiophene rings is 1. The number of hydrogen-bond donors (Lipinski definition) is 0. The molecule has 0 unspecified atom stereocenters. The van der Waals surface area contributed by atoms with Crippen molar-refractivity contribution in [3.8, 4) is 33.4 Å². The summed E-state index contributed by atoms with van der Waals surface area (Å²) in [6.07, 6.45) is 9.24. The maximum absolute atomic E-state index is 6.38. The summed E-state index contributed by atoms with van der Waals surface area (Å²) in [5.74, 6) is 0. The van der Waals surface area contributed by atoms with Gasteiger partial charge < -0.3 is 4.90 Å². The maximum Gasteiger partial charge on any atom is 0.0540 e. The molecule has 11 rings (SSSR count). The number of nitrogens with zero attached hydrogens (tertiary/aromatic N) is 1. The highest BCUT2D eigenvalue weighted by Crippen LogP contribution is 2.47. The van der Waals surface area contributed by atoms with Crippen LogP contribution in [0.1, 0.15) is 26.4 Å².